The van der Waals surface area contributed by atoms with Crippen LogP contribution in [-0.2, 0) is 16.0 Å². The topological polar surface area (TPSA) is 66.8 Å². The molecule has 0 bridgehead atoms. The van der Waals surface area contributed by atoms with Gasteiger partial charge in [-0.3, -0.25) is 9.79 Å². The lowest BCUT2D eigenvalue weighted by Crippen LogP contribution is -2.41. The molecule has 0 radical (unpaired) electrons. The molecular formula is C17H28N4O2S. The normalized spacial score (nSPS) is 21.2. The Kier molecular flexibility index (Phi) is 7.02. The number of likely N-dealkylation sites (tertiary alicyclic amines) is 1. The molecule has 0 saturated carbocycles. The molecule has 1 fully saturated rings. The molecule has 6 nitrogen and oxygen atoms in total. The Hall–Kier alpha value is -1.63. The number of hydrogen-bond donors (Lipinski definition) is 1. The molecule has 1 aliphatic rings. The minimum atomic E-state index is -0.126. The number of hydrogen-bond acceptors (Lipinski definition) is 5. The number of aliphatic imine (C=N–C) groups is 1. The van der Waals surface area contributed by atoms with Crippen LogP contribution in [-0.4, -0.2) is 55.6 Å². The first-order chi connectivity index (χ1) is 11.5. The van der Waals surface area contributed by atoms with Gasteiger partial charge in [0.1, 0.15) is 0 Å². The zero-order valence-corrected chi connectivity index (χ0v) is 15.9. The largest absolute Gasteiger partial charge is 0.469 e. The Morgan fingerprint density at radius 2 is 2.29 bits per heavy atom. The number of methoxy groups -OCH3 is 1. The molecule has 0 aromatic carbocycles. The fraction of sp³-hybridized carbons (Fsp3) is 0.706. The zero-order valence-electron chi connectivity index (χ0n) is 15.0. The van der Waals surface area contributed by atoms with E-state index in [9.17, 15) is 4.79 Å². The zero-order chi connectivity index (χ0) is 17.5. The second kappa shape index (κ2) is 9.01. The number of thiazole rings is 1. The molecule has 1 saturated heterocycles. The van der Waals surface area contributed by atoms with Gasteiger partial charge in [0, 0.05) is 37.8 Å². The molecular weight excluding hydrogens is 324 g/mol. The lowest BCUT2D eigenvalue weighted by atomic mass is 9.99. The molecule has 1 aliphatic heterocycles. The minimum absolute atomic E-state index is 0.0679. The summed E-state index contributed by atoms with van der Waals surface area (Å²) in [7, 11) is 3.24. The number of carbonyl (C=O) groups is 1. The molecule has 1 N–H and O–H groups in total. The van der Waals surface area contributed by atoms with Crippen molar-refractivity contribution in [2.75, 3.05) is 33.8 Å². The van der Waals surface area contributed by atoms with Crippen molar-refractivity contribution in [2.45, 2.75) is 33.1 Å². The van der Waals surface area contributed by atoms with E-state index in [1.54, 1.807) is 18.4 Å². The van der Waals surface area contributed by atoms with Gasteiger partial charge in [0.25, 0.3) is 0 Å². The molecule has 2 heterocycles. The van der Waals surface area contributed by atoms with Crippen LogP contribution >= 0.6 is 11.3 Å². The van der Waals surface area contributed by atoms with E-state index in [0.29, 0.717) is 6.54 Å². The van der Waals surface area contributed by atoms with E-state index >= 15 is 0 Å². The van der Waals surface area contributed by atoms with Crippen LogP contribution in [0.3, 0.4) is 0 Å². The maximum atomic E-state index is 11.8. The van der Waals surface area contributed by atoms with Crippen LogP contribution < -0.4 is 5.32 Å². The van der Waals surface area contributed by atoms with Crippen molar-refractivity contribution in [3.63, 3.8) is 0 Å². The highest BCUT2D eigenvalue weighted by Crippen LogP contribution is 2.24. The van der Waals surface area contributed by atoms with Crippen LogP contribution in [0.15, 0.2) is 10.4 Å². The maximum Gasteiger partial charge on any atom is 0.310 e. The van der Waals surface area contributed by atoms with Gasteiger partial charge in [0.05, 0.1) is 18.0 Å². The summed E-state index contributed by atoms with van der Waals surface area (Å²) in [4.78, 5) is 22.8. The number of aromatic nitrogens is 1. The van der Waals surface area contributed by atoms with Crippen molar-refractivity contribution in [1.29, 1.82) is 0 Å². The number of nitrogens with zero attached hydrogens (tertiary/aromatic N) is 3. The standard InChI is InChI=1S/C17H28N4O2S/c1-12-9-21(10-14(12)16(22)23-4)17(18-3)19-8-6-5-7-15-20-13(2)11-24-15/h11-12,14H,5-10H2,1-4H3,(H,18,19). The smallest absolute Gasteiger partial charge is 0.310 e. The van der Waals surface area contributed by atoms with E-state index in [-0.39, 0.29) is 17.8 Å². The quantitative estimate of drug-likeness (QED) is 0.367. The molecule has 7 heteroatoms. The highest BCUT2D eigenvalue weighted by atomic mass is 32.1. The monoisotopic (exact) mass is 352 g/mol. The van der Waals surface area contributed by atoms with E-state index in [1.807, 2.05) is 6.92 Å². The summed E-state index contributed by atoms with van der Waals surface area (Å²) in [5.41, 5.74) is 1.11. The summed E-state index contributed by atoms with van der Waals surface area (Å²) in [6, 6.07) is 0. The van der Waals surface area contributed by atoms with Crippen LogP contribution in [0, 0.1) is 18.8 Å². The Morgan fingerprint density at radius 1 is 1.50 bits per heavy atom. The fourth-order valence-electron chi connectivity index (χ4n) is 3.05. The van der Waals surface area contributed by atoms with Gasteiger partial charge < -0.3 is 15.0 Å². The highest BCUT2D eigenvalue weighted by molar-refractivity contribution is 7.09. The van der Waals surface area contributed by atoms with Crippen molar-refractivity contribution in [3.05, 3.63) is 16.1 Å². The number of rotatable bonds is 6. The first-order valence-corrected chi connectivity index (χ1v) is 9.37. The number of carbonyl (C=O) groups excluding carboxylic acids is 1. The number of esters is 1. The molecule has 2 unspecified atom stereocenters. The van der Waals surface area contributed by atoms with Crippen LogP contribution in [0.4, 0.5) is 0 Å². The molecule has 0 spiro atoms. The first-order valence-electron chi connectivity index (χ1n) is 8.49. The molecule has 2 atom stereocenters. The lowest BCUT2D eigenvalue weighted by Gasteiger charge is -2.21. The van der Waals surface area contributed by atoms with Gasteiger partial charge >= 0.3 is 5.97 Å². The molecule has 134 valence electrons. The molecule has 0 aliphatic carbocycles. The fourth-order valence-corrected chi connectivity index (χ4v) is 3.87. The number of guanidine groups is 1. The van der Waals surface area contributed by atoms with Gasteiger partial charge in [-0.25, -0.2) is 4.98 Å². The van der Waals surface area contributed by atoms with E-state index in [4.69, 9.17) is 4.74 Å². The second-order valence-corrected chi connectivity index (χ2v) is 7.27. The predicted molar refractivity (Wildman–Crippen MR) is 97.4 cm³/mol. The predicted octanol–water partition coefficient (Wildman–Crippen LogP) is 2.09. The third-order valence-corrected chi connectivity index (χ3v) is 5.42. The van der Waals surface area contributed by atoms with Crippen LogP contribution in [0.25, 0.3) is 0 Å². The summed E-state index contributed by atoms with van der Waals surface area (Å²) in [5, 5.41) is 6.72. The number of unbranched alkanes of at least 4 members (excludes halogenated alkanes) is 1. The van der Waals surface area contributed by atoms with Gasteiger partial charge in [-0.2, -0.15) is 0 Å². The van der Waals surface area contributed by atoms with E-state index in [1.165, 1.54) is 12.1 Å². The van der Waals surface area contributed by atoms with Gasteiger partial charge in [0.15, 0.2) is 5.96 Å². The van der Waals surface area contributed by atoms with Crippen LogP contribution in [0.5, 0.6) is 0 Å². The van der Waals surface area contributed by atoms with Gasteiger partial charge in [-0.1, -0.05) is 6.92 Å². The van der Waals surface area contributed by atoms with E-state index in [2.05, 4.69) is 32.5 Å². The number of aryl methyl sites for hydroxylation is 2. The Bertz CT molecular complexity index is 573. The minimum Gasteiger partial charge on any atom is -0.469 e. The average molecular weight is 353 g/mol. The molecule has 0 amide bonds. The number of nitrogens with one attached hydrogen (secondary N) is 1. The van der Waals surface area contributed by atoms with Crippen molar-refractivity contribution >= 4 is 23.3 Å². The molecule has 1 aromatic rings. The summed E-state index contributed by atoms with van der Waals surface area (Å²) < 4.78 is 4.89. The van der Waals surface area contributed by atoms with Gasteiger partial charge in [-0.15, -0.1) is 11.3 Å². The molecule has 2 rings (SSSR count). The molecule has 24 heavy (non-hydrogen) atoms. The highest BCUT2D eigenvalue weighted by Gasteiger charge is 2.36. The average Bonchev–Trinajstić information content (AvgIpc) is 3.16. The third-order valence-electron chi connectivity index (χ3n) is 4.39. The number of ether oxygens (including phenoxy) is 1. The Labute approximate surface area is 148 Å². The summed E-state index contributed by atoms with van der Waals surface area (Å²) in [5.74, 6) is 0.961. The maximum absolute atomic E-state index is 11.8. The Balaban J connectivity index is 1.72. The second-order valence-electron chi connectivity index (χ2n) is 6.33. The SMILES string of the molecule is CN=C(NCCCCc1nc(C)cs1)N1CC(C)C(C(=O)OC)C1. The summed E-state index contributed by atoms with van der Waals surface area (Å²) in [6.07, 6.45) is 3.21. The van der Waals surface area contributed by atoms with Crippen molar-refractivity contribution < 1.29 is 9.53 Å². The van der Waals surface area contributed by atoms with Crippen molar-refractivity contribution in [2.24, 2.45) is 16.8 Å². The van der Waals surface area contributed by atoms with Gasteiger partial charge in [-0.05, 0) is 32.1 Å². The lowest BCUT2D eigenvalue weighted by molar-refractivity contribution is -0.145. The first kappa shape index (κ1) is 18.7. The van der Waals surface area contributed by atoms with Crippen LogP contribution in [0.1, 0.15) is 30.5 Å². The van der Waals surface area contributed by atoms with Crippen LogP contribution in [0.2, 0.25) is 0 Å². The van der Waals surface area contributed by atoms with E-state index < -0.39 is 0 Å². The molecule has 1 aromatic heterocycles. The van der Waals surface area contributed by atoms with E-state index in [0.717, 1.165) is 44.0 Å². The van der Waals surface area contributed by atoms with Crippen molar-refractivity contribution in [3.8, 4) is 0 Å². The summed E-state index contributed by atoms with van der Waals surface area (Å²) in [6.45, 7) is 6.50. The van der Waals surface area contributed by atoms with Crippen molar-refractivity contribution in [1.82, 2.24) is 15.2 Å². The summed E-state index contributed by atoms with van der Waals surface area (Å²) >= 11 is 1.74. The third kappa shape index (κ3) is 4.93. The van der Waals surface area contributed by atoms with Gasteiger partial charge in [0.2, 0.25) is 0 Å². The Morgan fingerprint density at radius 3 is 2.92 bits per heavy atom.